The fourth-order valence-corrected chi connectivity index (χ4v) is 4.38. The van der Waals surface area contributed by atoms with Gasteiger partial charge >= 0.3 is 6.18 Å². The predicted molar refractivity (Wildman–Crippen MR) is 132 cm³/mol. The van der Waals surface area contributed by atoms with E-state index in [1.54, 1.807) is 55.5 Å². The standard InChI is InChI=1S/C25H23F3N8O2/c1-13(2)23(37)32-19-8-14(21-16(10-30-35(21)4)22-33-29-12-34(22)3)9-20(31-19)36-11-17-15(24(36)38)6-5-7-18(17)25(26,27)28/h5-10,12-13H,11H2,1-4H3,(H,31,32,37). The minimum Gasteiger partial charge on any atom is -0.317 e. The van der Waals surface area contributed by atoms with E-state index in [0.29, 0.717) is 22.6 Å². The maximum atomic E-state index is 13.7. The monoisotopic (exact) mass is 524 g/mol. The Morgan fingerprint density at radius 2 is 1.89 bits per heavy atom. The van der Waals surface area contributed by atoms with Crippen molar-refractivity contribution < 1.29 is 22.8 Å². The molecule has 0 saturated heterocycles. The van der Waals surface area contributed by atoms with Gasteiger partial charge < -0.3 is 9.88 Å². The molecule has 13 heteroatoms. The zero-order valence-electron chi connectivity index (χ0n) is 20.9. The fourth-order valence-electron chi connectivity index (χ4n) is 4.38. The van der Waals surface area contributed by atoms with Crippen LogP contribution in [0.4, 0.5) is 24.8 Å². The first kappa shape index (κ1) is 25.1. The van der Waals surface area contributed by atoms with Gasteiger partial charge in [-0.05, 0) is 29.8 Å². The number of hydrogen-bond donors (Lipinski definition) is 1. The van der Waals surface area contributed by atoms with Crippen molar-refractivity contribution in [2.75, 3.05) is 10.2 Å². The van der Waals surface area contributed by atoms with Crippen molar-refractivity contribution in [1.82, 2.24) is 29.5 Å². The summed E-state index contributed by atoms with van der Waals surface area (Å²) in [5.74, 6) is -0.535. The first-order valence-electron chi connectivity index (χ1n) is 11.7. The number of pyridine rings is 1. The molecule has 0 radical (unpaired) electrons. The highest BCUT2D eigenvalue weighted by atomic mass is 19.4. The van der Waals surface area contributed by atoms with Crippen molar-refractivity contribution in [3.63, 3.8) is 0 Å². The molecule has 38 heavy (non-hydrogen) atoms. The van der Waals surface area contributed by atoms with Crippen molar-refractivity contribution in [1.29, 1.82) is 0 Å². The zero-order chi connectivity index (χ0) is 27.4. The van der Waals surface area contributed by atoms with E-state index in [9.17, 15) is 22.8 Å². The molecule has 0 spiro atoms. The second kappa shape index (κ2) is 9.08. The molecule has 0 saturated carbocycles. The molecule has 5 rings (SSSR count). The molecule has 4 heterocycles. The van der Waals surface area contributed by atoms with Crippen molar-refractivity contribution in [3.05, 3.63) is 59.5 Å². The number of nitrogens with one attached hydrogen (secondary N) is 1. The topological polar surface area (TPSA) is 111 Å². The van der Waals surface area contributed by atoms with Crippen LogP contribution in [0.25, 0.3) is 22.6 Å². The lowest BCUT2D eigenvalue weighted by Gasteiger charge is -2.19. The van der Waals surface area contributed by atoms with Crippen LogP contribution in [0.2, 0.25) is 0 Å². The van der Waals surface area contributed by atoms with Crippen molar-refractivity contribution in [2.45, 2.75) is 26.6 Å². The summed E-state index contributed by atoms with van der Waals surface area (Å²) in [6, 6.07) is 6.74. The van der Waals surface area contributed by atoms with Crippen molar-refractivity contribution >= 4 is 23.5 Å². The highest BCUT2D eigenvalue weighted by Crippen LogP contribution is 2.40. The zero-order valence-corrected chi connectivity index (χ0v) is 20.9. The Morgan fingerprint density at radius 3 is 2.55 bits per heavy atom. The van der Waals surface area contributed by atoms with Gasteiger partial charge in [-0.25, -0.2) is 4.98 Å². The Kier molecular flexibility index (Phi) is 6.00. The van der Waals surface area contributed by atoms with E-state index in [1.165, 1.54) is 23.4 Å². The second-order valence-electron chi connectivity index (χ2n) is 9.26. The molecule has 4 aromatic rings. The smallest absolute Gasteiger partial charge is 0.317 e. The molecule has 0 aliphatic carbocycles. The molecule has 196 valence electrons. The van der Waals surface area contributed by atoms with Crippen LogP contribution in [0.3, 0.4) is 0 Å². The SMILES string of the molecule is CC(C)C(=O)Nc1cc(-c2c(-c3nncn3C)cnn2C)cc(N2Cc3c(cccc3C(F)(F)F)C2=O)n1. The van der Waals surface area contributed by atoms with Gasteiger partial charge in [0.1, 0.15) is 18.0 Å². The van der Waals surface area contributed by atoms with Crippen LogP contribution >= 0.6 is 0 Å². The number of fused-ring (bicyclic) bond motifs is 1. The third kappa shape index (κ3) is 4.29. The number of carbonyl (C=O) groups excluding carboxylic acids is 2. The minimum atomic E-state index is -4.62. The fraction of sp³-hybridized carbons (Fsp3) is 0.280. The summed E-state index contributed by atoms with van der Waals surface area (Å²) in [5, 5.41) is 15.2. The van der Waals surface area contributed by atoms with Gasteiger partial charge in [-0.15, -0.1) is 10.2 Å². The second-order valence-corrected chi connectivity index (χ2v) is 9.26. The lowest BCUT2D eigenvalue weighted by molar-refractivity contribution is -0.138. The number of carbonyl (C=O) groups is 2. The molecule has 2 amide bonds. The van der Waals surface area contributed by atoms with Crippen LogP contribution in [-0.2, 0) is 31.6 Å². The number of hydrogen-bond acceptors (Lipinski definition) is 6. The molecule has 1 aliphatic heterocycles. The third-order valence-corrected chi connectivity index (χ3v) is 6.30. The Hall–Kier alpha value is -4.55. The molecule has 1 N–H and O–H groups in total. The number of amides is 2. The number of aryl methyl sites for hydroxylation is 2. The molecular weight excluding hydrogens is 501 g/mol. The van der Waals surface area contributed by atoms with E-state index in [1.807, 2.05) is 0 Å². The number of rotatable bonds is 5. The average Bonchev–Trinajstić information content (AvgIpc) is 3.54. The van der Waals surface area contributed by atoms with Gasteiger partial charge in [-0.2, -0.15) is 18.3 Å². The van der Waals surface area contributed by atoms with E-state index in [0.717, 1.165) is 6.07 Å². The number of nitrogens with zero attached hydrogens (tertiary/aromatic N) is 7. The summed E-state index contributed by atoms with van der Waals surface area (Å²) in [5.41, 5.74) is 0.704. The summed E-state index contributed by atoms with van der Waals surface area (Å²) < 4.78 is 44.3. The maximum Gasteiger partial charge on any atom is 0.416 e. The van der Waals surface area contributed by atoms with Crippen LogP contribution in [0, 0.1) is 5.92 Å². The number of anilines is 2. The third-order valence-electron chi connectivity index (χ3n) is 6.30. The Labute approximate surface area is 215 Å². The van der Waals surface area contributed by atoms with Gasteiger partial charge in [0.05, 0.1) is 29.6 Å². The van der Waals surface area contributed by atoms with Gasteiger partial charge in [0.2, 0.25) is 5.91 Å². The van der Waals surface area contributed by atoms with Gasteiger partial charge in [0.25, 0.3) is 5.91 Å². The molecule has 10 nitrogen and oxygen atoms in total. The molecule has 0 bridgehead atoms. The number of halogens is 3. The Bertz CT molecular complexity index is 1570. The maximum absolute atomic E-state index is 13.7. The van der Waals surface area contributed by atoms with Gasteiger partial charge in [-0.3, -0.25) is 19.2 Å². The normalized spacial score (nSPS) is 13.4. The number of alkyl halides is 3. The molecular formula is C25H23F3N8O2. The van der Waals surface area contributed by atoms with Gasteiger partial charge in [-0.1, -0.05) is 19.9 Å². The van der Waals surface area contributed by atoms with Gasteiger partial charge in [0.15, 0.2) is 5.82 Å². The summed E-state index contributed by atoms with van der Waals surface area (Å²) >= 11 is 0. The summed E-state index contributed by atoms with van der Waals surface area (Å²) in [4.78, 5) is 31.4. The lowest BCUT2D eigenvalue weighted by Crippen LogP contribution is -2.25. The van der Waals surface area contributed by atoms with E-state index in [2.05, 4.69) is 25.6 Å². The quantitative estimate of drug-likeness (QED) is 0.422. The van der Waals surface area contributed by atoms with Crippen LogP contribution in [0.5, 0.6) is 0 Å². The largest absolute Gasteiger partial charge is 0.416 e. The molecule has 0 unspecified atom stereocenters. The van der Waals surface area contributed by atoms with Crippen LogP contribution in [0.1, 0.15) is 35.3 Å². The average molecular weight is 525 g/mol. The molecule has 3 aromatic heterocycles. The lowest BCUT2D eigenvalue weighted by atomic mass is 10.0. The summed E-state index contributed by atoms with van der Waals surface area (Å²) in [6.45, 7) is 3.11. The summed E-state index contributed by atoms with van der Waals surface area (Å²) in [6.07, 6.45) is -1.47. The van der Waals surface area contributed by atoms with Crippen LogP contribution in [0.15, 0.2) is 42.9 Å². The van der Waals surface area contributed by atoms with Crippen molar-refractivity contribution in [2.24, 2.45) is 20.0 Å². The first-order chi connectivity index (χ1) is 18.0. The molecule has 0 atom stereocenters. The minimum absolute atomic E-state index is 0.0416. The Balaban J connectivity index is 1.65. The molecule has 0 fully saturated rings. The molecule has 1 aliphatic rings. The molecule has 1 aromatic carbocycles. The van der Waals surface area contributed by atoms with E-state index in [-0.39, 0.29) is 41.1 Å². The van der Waals surface area contributed by atoms with Crippen molar-refractivity contribution in [3.8, 4) is 22.6 Å². The van der Waals surface area contributed by atoms with E-state index in [4.69, 9.17) is 0 Å². The summed E-state index contributed by atoms with van der Waals surface area (Å²) in [7, 11) is 3.49. The van der Waals surface area contributed by atoms with E-state index >= 15 is 0 Å². The van der Waals surface area contributed by atoms with E-state index < -0.39 is 17.6 Å². The predicted octanol–water partition coefficient (Wildman–Crippen LogP) is 4.05. The van der Waals surface area contributed by atoms with Gasteiger partial charge in [0, 0.05) is 31.1 Å². The van der Waals surface area contributed by atoms with Crippen LogP contribution < -0.4 is 10.2 Å². The van der Waals surface area contributed by atoms with Crippen LogP contribution in [-0.4, -0.2) is 41.3 Å². The number of benzene rings is 1. The highest BCUT2D eigenvalue weighted by molar-refractivity contribution is 6.10. The highest BCUT2D eigenvalue weighted by Gasteiger charge is 2.40. The number of aromatic nitrogens is 6. The Morgan fingerprint density at radius 1 is 1.13 bits per heavy atom. The first-order valence-corrected chi connectivity index (χ1v) is 11.7.